The maximum atomic E-state index is 5.92. The van der Waals surface area contributed by atoms with Gasteiger partial charge in [0.05, 0.1) is 4.83 Å². The summed E-state index contributed by atoms with van der Waals surface area (Å²) in [6.45, 7) is 0. The maximum Gasteiger partial charge on any atom is 0.0657 e. The van der Waals surface area contributed by atoms with Crippen molar-refractivity contribution in [2.75, 3.05) is 5.73 Å². The van der Waals surface area contributed by atoms with Crippen LogP contribution in [-0.2, 0) is 0 Å². The Balaban J connectivity index is 0.00000108. The number of hydrogen-bond acceptors (Lipinski definition) is 1. The quantitative estimate of drug-likeness (QED) is 0.468. The SMILES string of the molecule is Br.Nc1cc2c(cc1Br)-c1ccccc1C2Br. The number of anilines is 1. The van der Waals surface area contributed by atoms with Crippen LogP contribution in [0.4, 0.5) is 5.69 Å². The number of benzene rings is 2. The summed E-state index contributed by atoms with van der Waals surface area (Å²) in [5.74, 6) is 0. The zero-order chi connectivity index (χ0) is 11.3. The van der Waals surface area contributed by atoms with E-state index in [0.29, 0.717) is 0 Å². The molecule has 0 bridgehead atoms. The van der Waals surface area contributed by atoms with E-state index in [-0.39, 0.29) is 21.8 Å². The minimum absolute atomic E-state index is 0. The van der Waals surface area contributed by atoms with Crippen molar-refractivity contribution in [3.63, 3.8) is 0 Å². The van der Waals surface area contributed by atoms with Gasteiger partial charge in [-0.25, -0.2) is 0 Å². The Hall–Kier alpha value is -0.320. The van der Waals surface area contributed by atoms with Crippen LogP contribution in [-0.4, -0.2) is 0 Å². The lowest BCUT2D eigenvalue weighted by Gasteiger charge is -2.06. The van der Waals surface area contributed by atoms with Crippen LogP contribution in [0.15, 0.2) is 40.9 Å². The number of hydrogen-bond donors (Lipinski definition) is 1. The Labute approximate surface area is 127 Å². The van der Waals surface area contributed by atoms with E-state index in [1.54, 1.807) is 0 Å². The molecule has 0 fully saturated rings. The van der Waals surface area contributed by atoms with Gasteiger partial charge in [-0.15, -0.1) is 17.0 Å². The van der Waals surface area contributed by atoms with E-state index in [1.165, 1.54) is 22.3 Å². The molecule has 3 rings (SSSR count). The van der Waals surface area contributed by atoms with E-state index in [2.05, 4.69) is 62.2 Å². The molecule has 2 N–H and O–H groups in total. The van der Waals surface area contributed by atoms with Gasteiger partial charge in [0.15, 0.2) is 0 Å². The first-order valence-electron chi connectivity index (χ1n) is 5.01. The molecule has 0 radical (unpaired) electrons. The predicted octanol–water partition coefficient (Wildman–Crippen LogP) is 5.07. The molecule has 0 saturated carbocycles. The van der Waals surface area contributed by atoms with Crippen molar-refractivity contribution in [1.29, 1.82) is 0 Å². The van der Waals surface area contributed by atoms with E-state index in [4.69, 9.17) is 5.73 Å². The zero-order valence-corrected chi connectivity index (χ0v) is 13.7. The number of alkyl halides is 1. The normalized spacial score (nSPS) is 16.0. The number of nitrogen functional groups attached to an aromatic ring is 1. The van der Waals surface area contributed by atoms with Gasteiger partial charge in [-0.05, 0) is 50.3 Å². The lowest BCUT2D eigenvalue weighted by Crippen LogP contribution is -1.91. The van der Waals surface area contributed by atoms with Crippen molar-refractivity contribution in [2.24, 2.45) is 0 Å². The van der Waals surface area contributed by atoms with Gasteiger partial charge >= 0.3 is 0 Å². The van der Waals surface area contributed by atoms with Gasteiger partial charge in [-0.1, -0.05) is 40.2 Å². The highest BCUT2D eigenvalue weighted by Gasteiger charge is 2.26. The molecule has 1 nitrogen and oxygen atoms in total. The summed E-state index contributed by atoms with van der Waals surface area (Å²) in [4.78, 5) is 0.258. The van der Waals surface area contributed by atoms with Gasteiger partial charge in [-0.3, -0.25) is 0 Å². The van der Waals surface area contributed by atoms with Gasteiger partial charge in [0.1, 0.15) is 0 Å². The molecule has 1 aliphatic rings. The molecule has 1 unspecified atom stereocenters. The molecular formula is C13H10Br3N. The molecule has 4 heteroatoms. The third-order valence-corrected chi connectivity index (χ3v) is 4.64. The Morgan fingerprint density at radius 3 is 2.47 bits per heavy atom. The van der Waals surface area contributed by atoms with E-state index < -0.39 is 0 Å². The number of nitrogens with two attached hydrogens (primary N) is 1. The summed E-state index contributed by atoms with van der Waals surface area (Å²) >= 11 is 7.20. The number of rotatable bonds is 0. The van der Waals surface area contributed by atoms with E-state index in [9.17, 15) is 0 Å². The monoisotopic (exact) mass is 417 g/mol. The highest BCUT2D eigenvalue weighted by molar-refractivity contribution is 9.10. The van der Waals surface area contributed by atoms with Crippen LogP contribution in [0.5, 0.6) is 0 Å². The Morgan fingerprint density at radius 2 is 1.71 bits per heavy atom. The minimum atomic E-state index is 0. The van der Waals surface area contributed by atoms with Gasteiger partial charge in [0.25, 0.3) is 0 Å². The first kappa shape index (κ1) is 13.1. The average Bonchev–Trinajstić information content (AvgIpc) is 2.55. The van der Waals surface area contributed by atoms with Crippen molar-refractivity contribution < 1.29 is 0 Å². The second-order valence-electron chi connectivity index (χ2n) is 3.91. The van der Waals surface area contributed by atoms with Crippen molar-refractivity contribution in [3.8, 4) is 11.1 Å². The number of halogens is 3. The van der Waals surface area contributed by atoms with Crippen molar-refractivity contribution in [3.05, 3.63) is 52.0 Å². The number of fused-ring (bicyclic) bond motifs is 3. The second-order valence-corrected chi connectivity index (χ2v) is 5.68. The first-order valence-corrected chi connectivity index (χ1v) is 6.71. The third kappa shape index (κ3) is 1.96. The van der Waals surface area contributed by atoms with Crippen LogP contribution in [0.1, 0.15) is 16.0 Å². The molecule has 1 atom stereocenters. The summed E-state index contributed by atoms with van der Waals surface area (Å²) in [6.07, 6.45) is 0. The molecule has 2 aromatic rings. The van der Waals surface area contributed by atoms with Gasteiger partial charge in [-0.2, -0.15) is 0 Å². The third-order valence-electron chi connectivity index (χ3n) is 2.97. The van der Waals surface area contributed by atoms with Crippen LogP contribution in [0.2, 0.25) is 0 Å². The minimum Gasteiger partial charge on any atom is -0.398 e. The fourth-order valence-corrected chi connectivity index (χ4v) is 3.30. The lowest BCUT2D eigenvalue weighted by atomic mass is 10.1. The summed E-state index contributed by atoms with van der Waals surface area (Å²) < 4.78 is 0.961. The van der Waals surface area contributed by atoms with Gasteiger partial charge in [0.2, 0.25) is 0 Å². The van der Waals surface area contributed by atoms with Crippen molar-refractivity contribution in [1.82, 2.24) is 0 Å². The average molecular weight is 420 g/mol. The van der Waals surface area contributed by atoms with E-state index in [0.717, 1.165) is 10.2 Å². The molecular weight excluding hydrogens is 410 g/mol. The van der Waals surface area contributed by atoms with Gasteiger partial charge in [0, 0.05) is 10.2 Å². The van der Waals surface area contributed by atoms with Crippen LogP contribution in [0.25, 0.3) is 11.1 Å². The Kier molecular flexibility index (Phi) is 3.66. The second kappa shape index (κ2) is 4.75. The van der Waals surface area contributed by atoms with Crippen LogP contribution >= 0.6 is 48.8 Å². The van der Waals surface area contributed by atoms with Crippen LogP contribution in [0.3, 0.4) is 0 Å². The fourth-order valence-electron chi connectivity index (χ4n) is 2.18. The lowest BCUT2D eigenvalue weighted by molar-refractivity contribution is 1.24. The standard InChI is InChI=1S/C13H9Br2N.BrH/c14-11-5-9-7-3-1-2-4-8(7)13(15)10(9)6-12(11)16;/h1-6,13H,16H2;1H. The van der Waals surface area contributed by atoms with Crippen LogP contribution < -0.4 is 5.73 Å². The molecule has 0 aliphatic heterocycles. The van der Waals surface area contributed by atoms with Crippen LogP contribution in [0, 0.1) is 0 Å². The Morgan fingerprint density at radius 1 is 1.00 bits per heavy atom. The van der Waals surface area contributed by atoms with Crippen molar-refractivity contribution >= 4 is 54.5 Å². The molecule has 0 amide bonds. The van der Waals surface area contributed by atoms with E-state index in [1.807, 2.05) is 6.07 Å². The smallest absolute Gasteiger partial charge is 0.0657 e. The Bertz CT molecular complexity index is 581. The highest BCUT2D eigenvalue weighted by Crippen LogP contribution is 2.49. The molecule has 17 heavy (non-hydrogen) atoms. The first-order chi connectivity index (χ1) is 7.68. The topological polar surface area (TPSA) is 26.0 Å². The van der Waals surface area contributed by atoms with E-state index >= 15 is 0 Å². The summed E-state index contributed by atoms with van der Waals surface area (Å²) in [6, 6.07) is 12.6. The van der Waals surface area contributed by atoms with Crippen molar-refractivity contribution in [2.45, 2.75) is 4.83 Å². The largest absolute Gasteiger partial charge is 0.398 e. The zero-order valence-electron chi connectivity index (χ0n) is 8.78. The predicted molar refractivity (Wildman–Crippen MR) is 85.1 cm³/mol. The summed E-state index contributed by atoms with van der Waals surface area (Å²) in [5.41, 5.74) is 11.8. The fraction of sp³-hybridized carbons (Fsp3) is 0.0769. The summed E-state index contributed by atoms with van der Waals surface area (Å²) in [7, 11) is 0. The maximum absolute atomic E-state index is 5.92. The van der Waals surface area contributed by atoms with Gasteiger partial charge < -0.3 is 5.73 Å². The molecule has 0 saturated heterocycles. The molecule has 88 valence electrons. The molecule has 0 spiro atoms. The molecule has 0 heterocycles. The molecule has 1 aliphatic carbocycles. The highest BCUT2D eigenvalue weighted by atomic mass is 79.9. The summed E-state index contributed by atoms with van der Waals surface area (Å²) in [5, 5.41) is 0. The molecule has 2 aromatic carbocycles. The molecule has 0 aromatic heterocycles.